The average Bonchev–Trinajstić information content (AvgIpc) is 2.42. The third-order valence-electron chi connectivity index (χ3n) is 3.16. The first-order chi connectivity index (χ1) is 10.1. The molecule has 0 fully saturated rings. The number of carbonyl (C=O) groups is 1. The van der Waals surface area contributed by atoms with E-state index in [4.69, 9.17) is 4.74 Å². The van der Waals surface area contributed by atoms with Gasteiger partial charge in [0.25, 0.3) is 0 Å². The molecule has 0 aliphatic carbocycles. The zero-order valence-electron chi connectivity index (χ0n) is 14.0. The van der Waals surface area contributed by atoms with E-state index in [2.05, 4.69) is 5.32 Å². The highest BCUT2D eigenvalue weighted by atomic mass is 16.6. The first kappa shape index (κ1) is 18.5. The highest BCUT2D eigenvalue weighted by Gasteiger charge is 2.23. The monoisotopic (exact) mass is 309 g/mol. The van der Waals surface area contributed by atoms with Gasteiger partial charge in [-0.3, -0.25) is 0 Å². The van der Waals surface area contributed by atoms with E-state index >= 15 is 0 Å². The lowest BCUT2D eigenvalue weighted by Crippen LogP contribution is -2.39. The number of carbonyl (C=O) groups excluding carboxylic acids is 1. The van der Waals surface area contributed by atoms with Gasteiger partial charge in [0.2, 0.25) is 0 Å². The second-order valence-electron chi connectivity index (χ2n) is 6.68. The summed E-state index contributed by atoms with van der Waals surface area (Å²) in [6.45, 7) is 9.25. The largest absolute Gasteiger partial charge is 0.444 e. The number of rotatable bonds is 5. The maximum Gasteiger partial charge on any atom is 0.407 e. The summed E-state index contributed by atoms with van der Waals surface area (Å²) in [5.74, 6) is 0.233. The smallest absolute Gasteiger partial charge is 0.407 e. The Bertz CT molecular complexity index is 494. The van der Waals surface area contributed by atoms with Crippen molar-refractivity contribution in [2.24, 2.45) is 0 Å². The molecular weight excluding hydrogens is 282 g/mol. The van der Waals surface area contributed by atoms with Gasteiger partial charge in [-0.15, -0.1) is 0 Å². The van der Waals surface area contributed by atoms with Crippen LogP contribution in [0.5, 0.6) is 0 Å². The third kappa shape index (κ3) is 5.66. The lowest BCUT2D eigenvalue weighted by molar-refractivity contribution is 0.0124. The molecule has 22 heavy (non-hydrogen) atoms. The first-order valence-electron chi connectivity index (χ1n) is 7.53. The molecule has 0 saturated carbocycles. The van der Waals surface area contributed by atoms with Crippen molar-refractivity contribution in [3.8, 4) is 0 Å². The van der Waals surface area contributed by atoms with E-state index in [-0.39, 0.29) is 12.5 Å². The molecule has 3 N–H and O–H groups in total. The summed E-state index contributed by atoms with van der Waals surface area (Å²) in [5.41, 5.74) is 1.06. The summed E-state index contributed by atoms with van der Waals surface area (Å²) in [6, 6.07) is 7.43. The number of nitrogens with one attached hydrogen (secondary N) is 1. The number of alkyl carbamates (subject to hydrolysis) is 1. The number of hydrogen-bond acceptors (Lipinski definition) is 4. The van der Waals surface area contributed by atoms with Crippen molar-refractivity contribution in [3.63, 3.8) is 0 Å². The SMILES string of the molecule is CC(C)c1ccccc1C(O)C(O)CNC(=O)OC(C)(C)C. The fraction of sp³-hybridized carbons (Fsp3) is 0.588. The normalized spacial score (nSPS) is 14.5. The summed E-state index contributed by atoms with van der Waals surface area (Å²) >= 11 is 0. The van der Waals surface area contributed by atoms with E-state index in [1.165, 1.54) is 0 Å². The molecule has 1 rings (SSSR count). The Kier molecular flexibility index (Phi) is 6.38. The minimum absolute atomic E-state index is 0.0808. The van der Waals surface area contributed by atoms with Crippen LogP contribution < -0.4 is 5.32 Å². The van der Waals surface area contributed by atoms with Crippen molar-refractivity contribution in [3.05, 3.63) is 35.4 Å². The maximum absolute atomic E-state index is 11.6. The lowest BCUT2D eigenvalue weighted by Gasteiger charge is -2.24. The number of hydrogen-bond donors (Lipinski definition) is 3. The Morgan fingerprint density at radius 2 is 1.73 bits per heavy atom. The van der Waals surface area contributed by atoms with Crippen LogP contribution >= 0.6 is 0 Å². The van der Waals surface area contributed by atoms with Crippen molar-refractivity contribution in [1.29, 1.82) is 0 Å². The van der Waals surface area contributed by atoms with Crippen molar-refractivity contribution in [2.75, 3.05) is 6.54 Å². The molecule has 0 aromatic heterocycles. The predicted molar refractivity (Wildman–Crippen MR) is 85.7 cm³/mol. The zero-order chi connectivity index (χ0) is 16.9. The number of amides is 1. The van der Waals surface area contributed by atoms with Crippen LogP contribution in [0.4, 0.5) is 4.79 Å². The minimum Gasteiger partial charge on any atom is -0.444 e. The predicted octanol–water partition coefficient (Wildman–Crippen LogP) is 2.73. The van der Waals surface area contributed by atoms with Crippen molar-refractivity contribution in [2.45, 2.75) is 58.3 Å². The molecule has 5 heteroatoms. The van der Waals surface area contributed by atoms with Gasteiger partial charge in [0.1, 0.15) is 17.8 Å². The van der Waals surface area contributed by atoms with E-state index in [0.29, 0.717) is 5.56 Å². The van der Waals surface area contributed by atoms with Crippen molar-refractivity contribution >= 4 is 6.09 Å². The van der Waals surface area contributed by atoms with Crippen LogP contribution in [0.15, 0.2) is 24.3 Å². The third-order valence-corrected chi connectivity index (χ3v) is 3.16. The van der Waals surface area contributed by atoms with Crippen LogP contribution in [0.2, 0.25) is 0 Å². The van der Waals surface area contributed by atoms with Gasteiger partial charge in [-0.05, 0) is 37.8 Å². The minimum atomic E-state index is -1.10. The molecule has 1 amide bonds. The number of ether oxygens (including phenoxy) is 1. The molecule has 2 unspecified atom stereocenters. The molecule has 0 bridgehead atoms. The summed E-state index contributed by atoms with van der Waals surface area (Å²) in [7, 11) is 0. The molecule has 2 atom stereocenters. The van der Waals surface area contributed by atoms with Gasteiger partial charge in [0.05, 0.1) is 0 Å². The molecule has 0 aliphatic rings. The van der Waals surface area contributed by atoms with E-state index in [1.54, 1.807) is 26.8 Å². The second-order valence-corrected chi connectivity index (χ2v) is 6.68. The molecule has 0 radical (unpaired) electrons. The van der Waals surface area contributed by atoms with Gasteiger partial charge in [-0.1, -0.05) is 38.1 Å². The van der Waals surface area contributed by atoms with E-state index in [9.17, 15) is 15.0 Å². The lowest BCUT2D eigenvalue weighted by atomic mass is 9.92. The average molecular weight is 309 g/mol. The van der Waals surface area contributed by atoms with Crippen LogP contribution in [-0.4, -0.2) is 34.6 Å². The summed E-state index contributed by atoms with van der Waals surface area (Å²) in [4.78, 5) is 11.6. The van der Waals surface area contributed by atoms with Crippen molar-refractivity contribution < 1.29 is 19.7 Å². The molecule has 1 aromatic carbocycles. The van der Waals surface area contributed by atoms with Gasteiger partial charge in [-0.2, -0.15) is 0 Å². The highest BCUT2D eigenvalue weighted by molar-refractivity contribution is 5.67. The Morgan fingerprint density at radius 3 is 2.23 bits per heavy atom. The van der Waals surface area contributed by atoms with Gasteiger partial charge >= 0.3 is 6.09 Å². The fourth-order valence-corrected chi connectivity index (χ4v) is 2.13. The molecular formula is C17H27NO4. The standard InChI is InChI=1S/C17H27NO4/c1-11(2)12-8-6-7-9-13(12)15(20)14(19)10-18-16(21)22-17(3,4)5/h6-9,11,14-15,19-20H,10H2,1-5H3,(H,18,21). The van der Waals surface area contributed by atoms with E-state index < -0.39 is 23.9 Å². The summed E-state index contributed by atoms with van der Waals surface area (Å²) < 4.78 is 5.09. The summed E-state index contributed by atoms with van der Waals surface area (Å²) in [6.07, 6.45) is -2.78. The Balaban J connectivity index is 2.66. The zero-order valence-corrected chi connectivity index (χ0v) is 14.0. The van der Waals surface area contributed by atoms with Crippen LogP contribution in [0, 0.1) is 0 Å². The summed E-state index contributed by atoms with van der Waals surface area (Å²) in [5, 5.41) is 22.9. The molecule has 1 aromatic rings. The van der Waals surface area contributed by atoms with Crippen LogP contribution in [0.25, 0.3) is 0 Å². The van der Waals surface area contributed by atoms with Gasteiger partial charge < -0.3 is 20.3 Å². The van der Waals surface area contributed by atoms with Crippen LogP contribution in [-0.2, 0) is 4.74 Å². The second kappa shape index (κ2) is 7.61. The molecule has 0 spiro atoms. The quantitative estimate of drug-likeness (QED) is 0.781. The first-order valence-corrected chi connectivity index (χ1v) is 7.53. The van der Waals surface area contributed by atoms with Crippen molar-refractivity contribution in [1.82, 2.24) is 5.32 Å². The number of aliphatic hydroxyl groups is 2. The van der Waals surface area contributed by atoms with Crippen LogP contribution in [0.1, 0.15) is 57.8 Å². The molecule has 5 nitrogen and oxygen atoms in total. The Morgan fingerprint density at radius 1 is 1.18 bits per heavy atom. The Labute approximate surface area is 132 Å². The topological polar surface area (TPSA) is 78.8 Å². The molecule has 124 valence electrons. The van der Waals surface area contributed by atoms with Gasteiger partial charge in [0.15, 0.2) is 0 Å². The fourth-order valence-electron chi connectivity index (χ4n) is 2.13. The number of benzene rings is 1. The maximum atomic E-state index is 11.6. The van der Waals surface area contributed by atoms with Gasteiger partial charge in [0, 0.05) is 6.54 Å². The van der Waals surface area contributed by atoms with Gasteiger partial charge in [-0.25, -0.2) is 4.79 Å². The molecule has 0 saturated heterocycles. The van der Waals surface area contributed by atoms with Crippen LogP contribution in [0.3, 0.4) is 0 Å². The van der Waals surface area contributed by atoms with E-state index in [0.717, 1.165) is 5.56 Å². The molecule has 0 aliphatic heterocycles. The highest BCUT2D eigenvalue weighted by Crippen LogP contribution is 2.26. The Hall–Kier alpha value is -1.59. The number of aliphatic hydroxyl groups excluding tert-OH is 2. The molecule has 0 heterocycles. The van der Waals surface area contributed by atoms with E-state index in [1.807, 2.05) is 32.0 Å².